The van der Waals surface area contributed by atoms with Crippen LogP contribution >= 0.6 is 0 Å². The van der Waals surface area contributed by atoms with Gasteiger partial charge in [-0.1, -0.05) is 78.9 Å². The molecule has 3 nitrogen and oxygen atoms in total. The van der Waals surface area contributed by atoms with Crippen LogP contribution in [0.1, 0.15) is 41.9 Å². The molecule has 3 aliphatic rings. The Labute approximate surface area is 192 Å². The fourth-order valence-electron chi connectivity index (χ4n) is 5.90. The molecule has 3 aliphatic heterocycles. The lowest BCUT2D eigenvalue weighted by molar-refractivity contribution is 0.157. The number of methoxy groups -OCH3 is 1. The molecule has 166 valence electrons. The zero-order valence-electron chi connectivity index (χ0n) is 19.0. The van der Waals surface area contributed by atoms with Crippen molar-refractivity contribution in [1.82, 2.24) is 10.2 Å². The molecule has 6 rings (SSSR count). The number of rotatable bonds is 7. The smallest absolute Gasteiger partial charge is 0.123 e. The standard InChI is InChI=1S/C29H34N2O/c1-32-28-15-9-8-14-25(28)21-30-26-20-27(31-18-16-22(26)17-19-31)29(23-10-4-2-5-11-23)24-12-6-3-7-13-24/h2-15,22,26-27,29-30H,16-21H2,1H3/t26-,27-/m1/s1. The minimum atomic E-state index is 0.393. The van der Waals surface area contributed by atoms with Gasteiger partial charge in [0.25, 0.3) is 0 Å². The van der Waals surface area contributed by atoms with Crippen molar-refractivity contribution in [2.24, 2.45) is 5.92 Å². The van der Waals surface area contributed by atoms with E-state index in [1.165, 1.54) is 49.0 Å². The number of hydrogen-bond donors (Lipinski definition) is 1. The summed E-state index contributed by atoms with van der Waals surface area (Å²) in [6.07, 6.45) is 3.75. The fourth-order valence-corrected chi connectivity index (χ4v) is 5.90. The van der Waals surface area contributed by atoms with E-state index in [1.807, 2.05) is 6.07 Å². The Kier molecular flexibility index (Phi) is 6.56. The molecular weight excluding hydrogens is 392 g/mol. The summed E-state index contributed by atoms with van der Waals surface area (Å²) in [6, 6.07) is 31.7. The van der Waals surface area contributed by atoms with Crippen LogP contribution in [0.5, 0.6) is 5.75 Å². The van der Waals surface area contributed by atoms with Crippen LogP contribution in [0.15, 0.2) is 84.9 Å². The molecule has 0 saturated carbocycles. The molecule has 3 heteroatoms. The third-order valence-corrected chi connectivity index (χ3v) is 7.56. The minimum absolute atomic E-state index is 0.393. The Hall–Kier alpha value is -2.62. The Morgan fingerprint density at radius 3 is 2.06 bits per heavy atom. The van der Waals surface area contributed by atoms with Crippen molar-refractivity contribution in [2.45, 2.75) is 43.8 Å². The quantitative estimate of drug-likeness (QED) is 0.542. The van der Waals surface area contributed by atoms with Crippen molar-refractivity contribution in [3.05, 3.63) is 102 Å². The number of benzene rings is 3. The number of fused-ring (bicyclic) bond motifs is 4. The largest absolute Gasteiger partial charge is 0.496 e. The number of ether oxygens (including phenoxy) is 1. The molecular formula is C29H34N2O. The summed E-state index contributed by atoms with van der Waals surface area (Å²) < 4.78 is 5.60. The topological polar surface area (TPSA) is 24.5 Å². The van der Waals surface area contributed by atoms with Crippen LogP contribution in [0.4, 0.5) is 0 Å². The van der Waals surface area contributed by atoms with Gasteiger partial charge in [0, 0.05) is 30.1 Å². The van der Waals surface area contributed by atoms with Gasteiger partial charge < -0.3 is 10.1 Å². The van der Waals surface area contributed by atoms with E-state index in [4.69, 9.17) is 4.74 Å². The van der Waals surface area contributed by atoms with Crippen LogP contribution < -0.4 is 10.1 Å². The molecule has 0 aliphatic carbocycles. The third-order valence-electron chi connectivity index (χ3n) is 7.56. The highest BCUT2D eigenvalue weighted by Gasteiger charge is 2.40. The molecule has 0 aromatic heterocycles. The van der Waals surface area contributed by atoms with Gasteiger partial charge in [0.1, 0.15) is 5.75 Å². The van der Waals surface area contributed by atoms with E-state index in [2.05, 4.69) is 89.1 Å². The summed E-state index contributed by atoms with van der Waals surface area (Å²) in [7, 11) is 1.76. The lowest BCUT2D eigenvalue weighted by Gasteiger charge is -2.37. The van der Waals surface area contributed by atoms with E-state index >= 15 is 0 Å². The maximum Gasteiger partial charge on any atom is 0.123 e. The molecule has 1 N–H and O–H groups in total. The summed E-state index contributed by atoms with van der Waals surface area (Å²) in [5.74, 6) is 2.12. The molecule has 2 bridgehead atoms. The lowest BCUT2D eigenvalue weighted by atomic mass is 9.81. The second-order valence-corrected chi connectivity index (χ2v) is 9.27. The third kappa shape index (κ3) is 4.46. The van der Waals surface area contributed by atoms with E-state index in [0.717, 1.165) is 18.2 Å². The highest BCUT2D eigenvalue weighted by molar-refractivity contribution is 5.35. The maximum absolute atomic E-state index is 5.60. The Morgan fingerprint density at radius 1 is 0.844 bits per heavy atom. The molecule has 0 radical (unpaired) electrons. The Morgan fingerprint density at radius 2 is 1.44 bits per heavy atom. The predicted octanol–water partition coefficient (Wildman–Crippen LogP) is 5.47. The van der Waals surface area contributed by atoms with Crippen molar-refractivity contribution < 1.29 is 4.74 Å². The minimum Gasteiger partial charge on any atom is -0.496 e. The molecule has 3 aromatic carbocycles. The first-order valence-electron chi connectivity index (χ1n) is 12.0. The molecule has 0 unspecified atom stereocenters. The highest BCUT2D eigenvalue weighted by Crippen LogP contribution is 2.40. The molecule has 3 saturated heterocycles. The van der Waals surface area contributed by atoms with Gasteiger partial charge in [-0.05, 0) is 55.5 Å². The number of para-hydroxylation sites is 1. The zero-order chi connectivity index (χ0) is 21.8. The van der Waals surface area contributed by atoms with Gasteiger partial charge in [0.15, 0.2) is 0 Å². The number of nitrogens with zero attached hydrogens (tertiary/aromatic N) is 1. The van der Waals surface area contributed by atoms with Gasteiger partial charge in [-0.3, -0.25) is 4.90 Å². The summed E-state index contributed by atoms with van der Waals surface area (Å²) in [4.78, 5) is 2.77. The van der Waals surface area contributed by atoms with E-state index < -0.39 is 0 Å². The van der Waals surface area contributed by atoms with E-state index in [0.29, 0.717) is 18.0 Å². The van der Waals surface area contributed by atoms with Gasteiger partial charge in [0.05, 0.1) is 7.11 Å². The second kappa shape index (κ2) is 9.89. The van der Waals surface area contributed by atoms with Crippen LogP contribution in [-0.2, 0) is 6.54 Å². The summed E-state index contributed by atoms with van der Waals surface area (Å²) in [5, 5.41) is 3.96. The van der Waals surface area contributed by atoms with Crippen LogP contribution in [-0.4, -0.2) is 37.2 Å². The van der Waals surface area contributed by atoms with Crippen LogP contribution in [0.3, 0.4) is 0 Å². The van der Waals surface area contributed by atoms with Gasteiger partial charge in [-0.15, -0.1) is 0 Å². The summed E-state index contributed by atoms with van der Waals surface area (Å²) in [6.45, 7) is 3.27. The molecule has 0 amide bonds. The number of nitrogens with one attached hydrogen (secondary N) is 1. The number of piperidine rings is 1. The molecule has 32 heavy (non-hydrogen) atoms. The highest BCUT2D eigenvalue weighted by atomic mass is 16.5. The van der Waals surface area contributed by atoms with E-state index in [-0.39, 0.29) is 0 Å². The molecule has 3 fully saturated rings. The van der Waals surface area contributed by atoms with Crippen molar-refractivity contribution in [1.29, 1.82) is 0 Å². The lowest BCUT2D eigenvalue weighted by Crippen LogP contribution is -2.42. The van der Waals surface area contributed by atoms with Crippen LogP contribution in [0, 0.1) is 5.92 Å². The maximum atomic E-state index is 5.60. The van der Waals surface area contributed by atoms with Crippen LogP contribution in [0.25, 0.3) is 0 Å². The zero-order valence-corrected chi connectivity index (χ0v) is 19.0. The fraction of sp³-hybridized carbons (Fsp3) is 0.379. The second-order valence-electron chi connectivity index (χ2n) is 9.27. The first-order chi connectivity index (χ1) is 15.8. The molecule has 2 atom stereocenters. The average molecular weight is 427 g/mol. The first kappa shape index (κ1) is 21.2. The van der Waals surface area contributed by atoms with E-state index in [1.54, 1.807) is 7.11 Å². The van der Waals surface area contributed by atoms with E-state index in [9.17, 15) is 0 Å². The van der Waals surface area contributed by atoms with Gasteiger partial charge >= 0.3 is 0 Å². The van der Waals surface area contributed by atoms with Gasteiger partial charge in [0.2, 0.25) is 0 Å². The Bertz CT molecular complexity index is 943. The summed E-state index contributed by atoms with van der Waals surface area (Å²) >= 11 is 0. The molecule has 0 spiro atoms. The normalized spacial score (nSPS) is 24.9. The summed E-state index contributed by atoms with van der Waals surface area (Å²) in [5.41, 5.74) is 4.10. The molecule has 3 aromatic rings. The van der Waals surface area contributed by atoms with Gasteiger partial charge in [-0.25, -0.2) is 0 Å². The molecule has 3 heterocycles. The van der Waals surface area contributed by atoms with Crippen LogP contribution in [0.2, 0.25) is 0 Å². The Balaban J connectivity index is 1.43. The SMILES string of the molecule is COc1ccccc1CN[C@@H]1C[C@H](C(c2ccccc2)c2ccccc2)N2CCC1CC2. The average Bonchev–Trinajstić information content (AvgIpc) is 3.14. The van der Waals surface area contributed by atoms with Gasteiger partial charge in [-0.2, -0.15) is 0 Å². The number of hydrogen-bond acceptors (Lipinski definition) is 3. The van der Waals surface area contributed by atoms with Crippen molar-refractivity contribution >= 4 is 0 Å². The predicted molar refractivity (Wildman–Crippen MR) is 131 cm³/mol. The van der Waals surface area contributed by atoms with Crippen molar-refractivity contribution in [3.63, 3.8) is 0 Å². The van der Waals surface area contributed by atoms with Crippen molar-refractivity contribution in [2.75, 3.05) is 20.2 Å². The monoisotopic (exact) mass is 426 g/mol. The first-order valence-corrected chi connectivity index (χ1v) is 12.0. The van der Waals surface area contributed by atoms with Crippen molar-refractivity contribution in [3.8, 4) is 5.75 Å².